The van der Waals surface area contributed by atoms with Gasteiger partial charge in [-0.05, 0) is 73.3 Å². The monoisotopic (exact) mass is 531 g/mol. The third-order valence-electron chi connectivity index (χ3n) is 6.41. The number of benzene rings is 3. The minimum absolute atomic E-state index is 0.0324. The standard InChI is InChI=1S/C30H33N3O6/c34-26-14-12-24(25-13-15-28(36)32-29(25)26)27(35)19-31-16-5-2-6-17-39-23-11-7-8-21(18-23)20-33(30(37)38)22-9-3-1-4-10-22/h1,3-4,7-15,18,27,31,34-35H,2,5-6,16-17,19-20H2,(H,32,36)(H,37,38)/t27-/m0/s1. The zero-order valence-electron chi connectivity index (χ0n) is 21.5. The van der Waals surface area contributed by atoms with E-state index in [9.17, 15) is 24.9 Å². The van der Waals surface area contributed by atoms with E-state index in [2.05, 4.69) is 10.3 Å². The van der Waals surface area contributed by atoms with Crippen molar-refractivity contribution < 1.29 is 24.9 Å². The zero-order chi connectivity index (χ0) is 27.6. The fourth-order valence-corrected chi connectivity index (χ4v) is 4.41. The Balaban J connectivity index is 1.17. The first-order chi connectivity index (χ1) is 18.9. The van der Waals surface area contributed by atoms with Crippen LogP contribution >= 0.6 is 0 Å². The molecule has 9 nitrogen and oxygen atoms in total. The van der Waals surface area contributed by atoms with Gasteiger partial charge in [0.25, 0.3) is 0 Å². The van der Waals surface area contributed by atoms with Crippen LogP contribution in [-0.4, -0.2) is 46.1 Å². The molecule has 1 amide bonds. The topological polar surface area (TPSA) is 135 Å². The summed E-state index contributed by atoms with van der Waals surface area (Å²) in [5, 5.41) is 34.1. The van der Waals surface area contributed by atoms with Crippen molar-refractivity contribution in [1.82, 2.24) is 10.3 Å². The van der Waals surface area contributed by atoms with Gasteiger partial charge in [-0.3, -0.25) is 9.69 Å². The molecule has 0 spiro atoms. The molecule has 0 fully saturated rings. The molecule has 0 aliphatic carbocycles. The second-order valence-corrected chi connectivity index (χ2v) is 9.27. The lowest BCUT2D eigenvalue weighted by atomic mass is 10.0. The molecular formula is C30H33N3O6. The largest absolute Gasteiger partial charge is 0.506 e. The summed E-state index contributed by atoms with van der Waals surface area (Å²) in [6, 6.07) is 22.6. The van der Waals surface area contributed by atoms with Gasteiger partial charge in [0.05, 0.1) is 24.8 Å². The first-order valence-corrected chi connectivity index (χ1v) is 12.9. The molecule has 9 heteroatoms. The van der Waals surface area contributed by atoms with Gasteiger partial charge >= 0.3 is 6.09 Å². The lowest BCUT2D eigenvalue weighted by molar-refractivity contribution is 0.176. The number of rotatable bonds is 13. The van der Waals surface area contributed by atoms with Crippen LogP contribution in [0.3, 0.4) is 0 Å². The smallest absolute Gasteiger partial charge is 0.412 e. The van der Waals surface area contributed by atoms with Gasteiger partial charge in [-0.25, -0.2) is 4.79 Å². The number of carbonyl (C=O) groups is 1. The van der Waals surface area contributed by atoms with Crippen LogP contribution in [-0.2, 0) is 6.54 Å². The van der Waals surface area contributed by atoms with Crippen LogP contribution in [0.5, 0.6) is 11.5 Å². The summed E-state index contributed by atoms with van der Waals surface area (Å²) in [6.07, 6.45) is 0.905. The quantitative estimate of drug-likeness (QED) is 0.157. The Morgan fingerprint density at radius 3 is 2.59 bits per heavy atom. The lowest BCUT2D eigenvalue weighted by Gasteiger charge is -2.19. The number of aliphatic hydroxyl groups excluding tert-OH is 1. The highest BCUT2D eigenvalue weighted by atomic mass is 16.5. The molecule has 3 aromatic carbocycles. The Morgan fingerprint density at radius 1 is 0.974 bits per heavy atom. The number of amides is 1. The van der Waals surface area contributed by atoms with Crippen molar-refractivity contribution in [2.45, 2.75) is 31.9 Å². The maximum atomic E-state index is 11.7. The number of ether oxygens (including phenoxy) is 1. The fraction of sp³-hybridized carbons (Fsp3) is 0.267. The lowest BCUT2D eigenvalue weighted by Crippen LogP contribution is -2.28. The molecule has 204 valence electrons. The van der Waals surface area contributed by atoms with Crippen LogP contribution in [0, 0.1) is 0 Å². The van der Waals surface area contributed by atoms with E-state index in [1.165, 1.54) is 17.0 Å². The normalized spacial score (nSPS) is 11.8. The number of hydrogen-bond acceptors (Lipinski definition) is 6. The molecule has 4 rings (SSSR count). The van der Waals surface area contributed by atoms with Gasteiger partial charge in [-0.15, -0.1) is 0 Å². The molecule has 0 unspecified atom stereocenters. The summed E-state index contributed by atoms with van der Waals surface area (Å²) in [5.41, 5.74) is 2.10. The number of nitrogens with zero attached hydrogens (tertiary/aromatic N) is 1. The van der Waals surface area contributed by atoms with E-state index < -0.39 is 12.2 Å². The van der Waals surface area contributed by atoms with Crippen molar-refractivity contribution in [3.8, 4) is 11.5 Å². The molecular weight excluding hydrogens is 498 g/mol. The summed E-state index contributed by atoms with van der Waals surface area (Å²) in [7, 11) is 0. The van der Waals surface area contributed by atoms with Gasteiger partial charge < -0.3 is 30.4 Å². The van der Waals surface area contributed by atoms with Crippen molar-refractivity contribution in [1.29, 1.82) is 0 Å². The third-order valence-corrected chi connectivity index (χ3v) is 6.41. The summed E-state index contributed by atoms with van der Waals surface area (Å²) in [4.78, 5) is 27.2. The van der Waals surface area contributed by atoms with E-state index in [0.717, 1.165) is 31.4 Å². The minimum atomic E-state index is -1.01. The number of phenolic OH excluding ortho intramolecular Hbond substituents is 1. The second kappa shape index (κ2) is 13.5. The molecule has 0 saturated heterocycles. The number of carboxylic acid groups (broad SMARTS) is 1. The van der Waals surface area contributed by atoms with Crippen LogP contribution in [0.4, 0.5) is 10.5 Å². The molecule has 1 aromatic heterocycles. The first-order valence-electron chi connectivity index (χ1n) is 12.9. The van der Waals surface area contributed by atoms with E-state index in [1.54, 1.807) is 24.3 Å². The van der Waals surface area contributed by atoms with Crippen molar-refractivity contribution >= 4 is 22.7 Å². The molecule has 1 atom stereocenters. The molecule has 5 N–H and O–H groups in total. The van der Waals surface area contributed by atoms with Crippen LogP contribution in [0.2, 0.25) is 0 Å². The molecule has 1 heterocycles. The van der Waals surface area contributed by atoms with Gasteiger partial charge in [-0.2, -0.15) is 0 Å². The number of aromatic amines is 1. The average Bonchev–Trinajstić information content (AvgIpc) is 2.94. The third kappa shape index (κ3) is 7.59. The number of H-pyrrole nitrogens is 1. The van der Waals surface area contributed by atoms with Crippen molar-refractivity contribution in [2.75, 3.05) is 24.6 Å². The maximum absolute atomic E-state index is 11.7. The van der Waals surface area contributed by atoms with Crippen LogP contribution in [0.25, 0.3) is 10.9 Å². The van der Waals surface area contributed by atoms with E-state index >= 15 is 0 Å². The van der Waals surface area contributed by atoms with E-state index in [-0.39, 0.29) is 17.9 Å². The van der Waals surface area contributed by atoms with E-state index in [0.29, 0.717) is 41.1 Å². The van der Waals surface area contributed by atoms with Gasteiger partial charge in [0.15, 0.2) is 0 Å². The highest BCUT2D eigenvalue weighted by Crippen LogP contribution is 2.28. The Labute approximate surface area is 226 Å². The maximum Gasteiger partial charge on any atom is 0.412 e. The predicted molar refractivity (Wildman–Crippen MR) is 151 cm³/mol. The zero-order valence-corrected chi connectivity index (χ0v) is 21.5. The second-order valence-electron chi connectivity index (χ2n) is 9.27. The van der Waals surface area contributed by atoms with Gasteiger partial charge in [0, 0.05) is 23.7 Å². The molecule has 0 aliphatic heterocycles. The highest BCUT2D eigenvalue weighted by Gasteiger charge is 2.15. The number of para-hydroxylation sites is 1. The number of unbranched alkanes of at least 4 members (excludes halogenated alkanes) is 2. The van der Waals surface area contributed by atoms with Gasteiger partial charge in [0.1, 0.15) is 11.5 Å². The Hall–Kier alpha value is -4.34. The van der Waals surface area contributed by atoms with Crippen LogP contribution in [0.1, 0.15) is 36.5 Å². The summed E-state index contributed by atoms with van der Waals surface area (Å²) in [5.74, 6) is 0.671. The predicted octanol–water partition coefficient (Wildman–Crippen LogP) is 4.79. The molecule has 4 aromatic rings. The highest BCUT2D eigenvalue weighted by molar-refractivity contribution is 5.87. The number of nitrogens with one attached hydrogen (secondary N) is 2. The number of aliphatic hydroxyl groups is 1. The van der Waals surface area contributed by atoms with Gasteiger partial charge in [0.2, 0.25) is 5.56 Å². The Morgan fingerprint density at radius 2 is 1.79 bits per heavy atom. The average molecular weight is 532 g/mol. The first kappa shape index (κ1) is 27.7. The molecule has 0 radical (unpaired) electrons. The number of hydrogen-bond donors (Lipinski definition) is 5. The number of phenols is 1. The fourth-order valence-electron chi connectivity index (χ4n) is 4.41. The number of aromatic nitrogens is 1. The van der Waals surface area contributed by atoms with E-state index in [1.807, 2.05) is 42.5 Å². The van der Waals surface area contributed by atoms with Crippen LogP contribution < -0.4 is 20.5 Å². The number of anilines is 1. The number of aromatic hydroxyl groups is 1. The number of fused-ring (bicyclic) bond motifs is 1. The summed E-state index contributed by atoms with van der Waals surface area (Å²) < 4.78 is 5.88. The summed E-state index contributed by atoms with van der Waals surface area (Å²) in [6.45, 7) is 1.85. The Bertz CT molecular complexity index is 1440. The van der Waals surface area contributed by atoms with Crippen molar-refractivity contribution in [2.24, 2.45) is 0 Å². The summed E-state index contributed by atoms with van der Waals surface area (Å²) >= 11 is 0. The van der Waals surface area contributed by atoms with Crippen molar-refractivity contribution in [3.05, 3.63) is 100 Å². The minimum Gasteiger partial charge on any atom is -0.506 e. The SMILES string of the molecule is O=C(O)N(Cc1cccc(OCCCCCNC[C@H](O)c2ccc(O)c3[nH]c(=O)ccc23)c1)c1ccccc1. The van der Waals surface area contributed by atoms with Crippen molar-refractivity contribution in [3.63, 3.8) is 0 Å². The molecule has 0 bridgehead atoms. The van der Waals surface area contributed by atoms with Crippen LogP contribution in [0.15, 0.2) is 83.7 Å². The van der Waals surface area contributed by atoms with E-state index in [4.69, 9.17) is 4.74 Å². The molecule has 39 heavy (non-hydrogen) atoms. The molecule has 0 aliphatic rings. The Kier molecular flexibility index (Phi) is 9.55. The number of pyridine rings is 1. The van der Waals surface area contributed by atoms with Gasteiger partial charge in [-0.1, -0.05) is 36.4 Å². The molecule has 0 saturated carbocycles.